The highest BCUT2D eigenvalue weighted by molar-refractivity contribution is 9.10. The average Bonchev–Trinajstić information content (AvgIpc) is 3.28. The fourth-order valence-corrected chi connectivity index (χ4v) is 5.23. The topological polar surface area (TPSA) is 87.5 Å². The molecule has 8 nitrogen and oxygen atoms in total. The molecule has 0 saturated heterocycles. The van der Waals surface area contributed by atoms with Crippen LogP contribution in [0.3, 0.4) is 0 Å². The molecule has 11 heteroatoms. The Hall–Kier alpha value is -3.05. The highest BCUT2D eigenvalue weighted by atomic mass is 79.9. The van der Waals surface area contributed by atoms with Crippen LogP contribution in [0.1, 0.15) is 44.4 Å². The number of allylic oxidation sites excluding steroid dienone is 1. The van der Waals surface area contributed by atoms with Crippen LogP contribution in [-0.4, -0.2) is 40.2 Å². The number of hydrogen-bond donors (Lipinski definition) is 1. The van der Waals surface area contributed by atoms with E-state index in [0.29, 0.717) is 49.5 Å². The van der Waals surface area contributed by atoms with Crippen LogP contribution >= 0.6 is 27.7 Å². The van der Waals surface area contributed by atoms with E-state index >= 15 is 0 Å². The van der Waals surface area contributed by atoms with Gasteiger partial charge in [-0.25, -0.2) is 13.9 Å². The number of rotatable bonds is 10. The minimum Gasteiger partial charge on any atom is -0.493 e. The molecule has 3 aromatic rings. The lowest BCUT2D eigenvalue weighted by Gasteiger charge is -2.28. The number of benzene rings is 2. The first-order chi connectivity index (χ1) is 17.9. The Morgan fingerprint density at radius 1 is 1.27 bits per heavy atom. The average molecular weight is 592 g/mol. The fourth-order valence-electron chi connectivity index (χ4n) is 3.97. The highest BCUT2D eigenvalue weighted by Crippen LogP contribution is 2.43. The second-order valence-corrected chi connectivity index (χ2v) is 10.1. The van der Waals surface area contributed by atoms with Gasteiger partial charge in [0.15, 0.2) is 11.5 Å². The van der Waals surface area contributed by atoms with Crippen LogP contribution in [0.15, 0.2) is 57.3 Å². The zero-order chi connectivity index (χ0) is 26.5. The number of esters is 1. The van der Waals surface area contributed by atoms with Gasteiger partial charge in [-0.1, -0.05) is 36.9 Å². The molecular formula is C26H28BrFN4O4S. The molecule has 1 aromatic heterocycles. The molecule has 1 N–H and O–H groups in total. The van der Waals surface area contributed by atoms with E-state index in [9.17, 15) is 9.18 Å². The first-order valence-electron chi connectivity index (χ1n) is 11.9. The van der Waals surface area contributed by atoms with Crippen molar-refractivity contribution in [2.75, 3.05) is 24.8 Å². The summed E-state index contributed by atoms with van der Waals surface area (Å²) < 4.78 is 33.4. The van der Waals surface area contributed by atoms with Crippen LogP contribution in [0.25, 0.3) is 0 Å². The number of nitrogens with one attached hydrogen (secondary N) is 1. The van der Waals surface area contributed by atoms with Gasteiger partial charge in [0.1, 0.15) is 18.5 Å². The van der Waals surface area contributed by atoms with E-state index in [1.807, 2.05) is 13.0 Å². The largest absolute Gasteiger partial charge is 0.493 e. The maximum atomic E-state index is 14.1. The summed E-state index contributed by atoms with van der Waals surface area (Å²) in [5.74, 6) is 1.44. The molecule has 2 heterocycles. The van der Waals surface area contributed by atoms with Crippen molar-refractivity contribution in [1.82, 2.24) is 14.8 Å². The molecule has 0 radical (unpaired) electrons. The Balaban J connectivity index is 1.76. The molecule has 1 unspecified atom stereocenters. The Morgan fingerprint density at radius 2 is 2.05 bits per heavy atom. The molecule has 1 atom stereocenters. The van der Waals surface area contributed by atoms with Crippen LogP contribution in [0.5, 0.6) is 11.5 Å². The lowest BCUT2D eigenvalue weighted by molar-refractivity contribution is -0.139. The summed E-state index contributed by atoms with van der Waals surface area (Å²) in [6, 6.07) is 9.44. The molecule has 0 saturated carbocycles. The zero-order valence-corrected chi connectivity index (χ0v) is 23.4. The van der Waals surface area contributed by atoms with E-state index in [4.69, 9.17) is 19.3 Å². The number of carbonyl (C=O) groups is 1. The molecular weight excluding hydrogens is 563 g/mol. The Kier molecular flexibility index (Phi) is 8.75. The van der Waals surface area contributed by atoms with Crippen molar-refractivity contribution in [3.63, 3.8) is 0 Å². The number of halogens is 2. The van der Waals surface area contributed by atoms with Crippen molar-refractivity contribution in [2.24, 2.45) is 0 Å². The summed E-state index contributed by atoms with van der Waals surface area (Å²) in [6.45, 7) is 5.93. The van der Waals surface area contributed by atoms with Crippen molar-refractivity contribution in [2.45, 2.75) is 45.0 Å². The number of hydrogen-bond acceptors (Lipinski definition) is 8. The van der Waals surface area contributed by atoms with Crippen molar-refractivity contribution < 1.29 is 23.4 Å². The molecule has 1 aliphatic rings. The summed E-state index contributed by atoms with van der Waals surface area (Å²) in [4.78, 5) is 17.7. The van der Waals surface area contributed by atoms with Gasteiger partial charge in [-0.05, 0) is 60.0 Å². The smallest absolute Gasteiger partial charge is 0.338 e. The summed E-state index contributed by atoms with van der Waals surface area (Å²) in [6.07, 6.45) is 0.981. The maximum absolute atomic E-state index is 14.1. The van der Waals surface area contributed by atoms with Crippen molar-refractivity contribution in [1.29, 1.82) is 0 Å². The van der Waals surface area contributed by atoms with E-state index in [2.05, 4.69) is 33.2 Å². The summed E-state index contributed by atoms with van der Waals surface area (Å²) in [7, 11) is 1.53. The van der Waals surface area contributed by atoms with Gasteiger partial charge >= 0.3 is 5.97 Å². The summed E-state index contributed by atoms with van der Waals surface area (Å²) in [5, 5.41) is 8.51. The summed E-state index contributed by atoms with van der Waals surface area (Å²) in [5.41, 5.74) is 2.18. The molecule has 1 aliphatic heterocycles. The van der Waals surface area contributed by atoms with E-state index in [-0.39, 0.29) is 19.0 Å². The number of fused-ring (bicyclic) bond motifs is 1. The van der Waals surface area contributed by atoms with Crippen LogP contribution in [0.4, 0.5) is 10.3 Å². The van der Waals surface area contributed by atoms with Crippen molar-refractivity contribution in [3.8, 4) is 11.5 Å². The first kappa shape index (κ1) is 27.0. The van der Waals surface area contributed by atoms with Gasteiger partial charge in [0.25, 0.3) is 0 Å². The second kappa shape index (κ2) is 12.0. The lowest BCUT2D eigenvalue weighted by atomic mass is 9.95. The molecule has 37 heavy (non-hydrogen) atoms. The molecule has 0 amide bonds. The Morgan fingerprint density at radius 3 is 2.76 bits per heavy atom. The summed E-state index contributed by atoms with van der Waals surface area (Å²) >= 11 is 5.13. The molecule has 2 aromatic carbocycles. The van der Waals surface area contributed by atoms with Crippen LogP contribution in [-0.2, 0) is 16.1 Å². The van der Waals surface area contributed by atoms with Crippen molar-refractivity contribution in [3.05, 3.63) is 69.1 Å². The predicted molar refractivity (Wildman–Crippen MR) is 144 cm³/mol. The number of ether oxygens (including phenoxy) is 3. The van der Waals surface area contributed by atoms with Gasteiger partial charge in [0.05, 0.1) is 23.8 Å². The van der Waals surface area contributed by atoms with E-state index in [1.54, 1.807) is 47.6 Å². The molecule has 196 valence electrons. The van der Waals surface area contributed by atoms with Crippen molar-refractivity contribution >= 4 is 39.6 Å². The Labute approximate surface area is 227 Å². The number of anilines is 1. The van der Waals surface area contributed by atoms with Crippen LogP contribution in [0, 0.1) is 5.82 Å². The monoisotopic (exact) mass is 590 g/mol. The number of nitrogens with zero attached hydrogens (tertiary/aromatic N) is 3. The molecule has 0 fully saturated rings. The Bertz CT molecular complexity index is 1330. The maximum Gasteiger partial charge on any atom is 0.338 e. The third-order valence-corrected chi connectivity index (χ3v) is 7.29. The number of thioether (sulfide) groups is 1. The van der Waals surface area contributed by atoms with Gasteiger partial charge in [-0.15, -0.1) is 5.10 Å². The van der Waals surface area contributed by atoms with E-state index in [0.717, 1.165) is 12.2 Å². The molecule has 0 spiro atoms. The third-order valence-electron chi connectivity index (χ3n) is 5.66. The van der Waals surface area contributed by atoms with Crippen LogP contribution < -0.4 is 14.8 Å². The number of methoxy groups -OCH3 is 1. The van der Waals surface area contributed by atoms with Gasteiger partial charge in [-0.2, -0.15) is 4.98 Å². The predicted octanol–water partition coefficient (Wildman–Crippen LogP) is 6.12. The van der Waals surface area contributed by atoms with E-state index in [1.165, 1.54) is 13.2 Å². The molecule has 0 bridgehead atoms. The fraction of sp³-hybridized carbons (Fsp3) is 0.346. The third kappa shape index (κ3) is 5.77. The first-order valence-corrected chi connectivity index (χ1v) is 13.6. The van der Waals surface area contributed by atoms with Gasteiger partial charge in [-0.3, -0.25) is 0 Å². The molecule has 4 rings (SSSR count). The second-order valence-electron chi connectivity index (χ2n) is 8.21. The minimum absolute atomic E-state index is 0.0205. The minimum atomic E-state index is -0.621. The SMILES string of the molecule is CCCSc1nc2n(n1)C(c1cc(Br)c(OCc3ccccc3F)c(OC)c1)C(C(=O)OCC)=C(C)N2. The van der Waals surface area contributed by atoms with Gasteiger partial charge in [0.2, 0.25) is 11.1 Å². The zero-order valence-electron chi connectivity index (χ0n) is 21.0. The lowest BCUT2D eigenvalue weighted by Crippen LogP contribution is -2.29. The quantitative estimate of drug-likeness (QED) is 0.223. The standard InChI is InChI=1S/C26H28BrFN4O4S/c1-5-11-37-26-30-25-29-15(3)21(24(33)35-6-2)22(32(25)31-26)17-12-18(27)23(20(13-17)34-4)36-14-16-9-7-8-10-19(16)28/h7-10,12-13,22H,5-6,11,14H2,1-4H3,(H,29,30,31). The van der Waals surface area contributed by atoms with E-state index < -0.39 is 12.0 Å². The normalized spacial score (nSPS) is 14.7. The number of aromatic nitrogens is 3. The molecule has 0 aliphatic carbocycles. The van der Waals surface area contributed by atoms with Gasteiger partial charge in [0, 0.05) is 17.0 Å². The highest BCUT2D eigenvalue weighted by Gasteiger charge is 2.36. The van der Waals surface area contributed by atoms with Gasteiger partial charge < -0.3 is 19.5 Å². The van der Waals surface area contributed by atoms with Crippen LogP contribution in [0.2, 0.25) is 0 Å². The number of carbonyl (C=O) groups excluding carboxylic acids is 1.